The van der Waals surface area contributed by atoms with E-state index in [0.29, 0.717) is 33.5 Å². The van der Waals surface area contributed by atoms with E-state index in [1.54, 1.807) is 49.6 Å². The molecule has 5 nitrogen and oxygen atoms in total. The smallest absolute Gasteiger partial charge is 0.266 e. The van der Waals surface area contributed by atoms with Gasteiger partial charge >= 0.3 is 0 Å². The van der Waals surface area contributed by atoms with Crippen molar-refractivity contribution in [2.45, 2.75) is 0 Å². The van der Waals surface area contributed by atoms with Gasteiger partial charge in [0.1, 0.15) is 28.4 Å². The van der Waals surface area contributed by atoms with Gasteiger partial charge in [-0.25, -0.2) is 9.37 Å². The van der Waals surface area contributed by atoms with Crippen LogP contribution in [-0.2, 0) is 0 Å². The number of pyridine rings is 2. The molecule has 0 atom stereocenters. The zero-order chi connectivity index (χ0) is 20.5. The minimum absolute atomic E-state index is 0.0749. The largest absolute Gasteiger partial charge is 0.497 e. The van der Waals surface area contributed by atoms with Crippen LogP contribution in [0.2, 0.25) is 5.15 Å². The number of aromatic nitrogens is 2. The van der Waals surface area contributed by atoms with Gasteiger partial charge in [-0.2, -0.15) is 5.26 Å². The van der Waals surface area contributed by atoms with E-state index in [2.05, 4.69) is 9.97 Å². The molecule has 7 heteroatoms. The summed E-state index contributed by atoms with van der Waals surface area (Å²) in [4.78, 5) is 19.5. The third-order valence-corrected chi connectivity index (χ3v) is 4.86. The van der Waals surface area contributed by atoms with Crippen LogP contribution in [0.4, 0.5) is 4.39 Å². The van der Waals surface area contributed by atoms with Crippen molar-refractivity contribution in [3.63, 3.8) is 0 Å². The highest BCUT2D eigenvalue weighted by atomic mass is 35.5. The second kappa shape index (κ2) is 7.38. The maximum absolute atomic E-state index is 13.5. The van der Waals surface area contributed by atoms with Crippen molar-refractivity contribution >= 4 is 22.5 Å². The van der Waals surface area contributed by atoms with Crippen LogP contribution < -0.4 is 10.3 Å². The predicted octanol–water partition coefficient (Wildman–Crippen LogP) is 4.93. The standard InChI is InChI=1S/C22H13ClFN3O2/c1-29-15-6-3-12(4-7-15)20-10-16(18(11-25)22(28)27-20)17-8-13-2-5-14(24)9-19(13)26-21(17)23/h2-10H,1H3,(H,27,28). The Kier molecular flexibility index (Phi) is 4.75. The van der Waals surface area contributed by atoms with Gasteiger partial charge in [0, 0.05) is 28.3 Å². The fourth-order valence-corrected chi connectivity index (χ4v) is 3.36. The van der Waals surface area contributed by atoms with Crippen molar-refractivity contribution in [2.75, 3.05) is 7.11 Å². The van der Waals surface area contributed by atoms with Crippen LogP contribution in [0.25, 0.3) is 33.3 Å². The molecule has 0 saturated carbocycles. The molecule has 0 aliphatic heterocycles. The van der Waals surface area contributed by atoms with E-state index in [-0.39, 0.29) is 10.7 Å². The van der Waals surface area contributed by atoms with Crippen LogP contribution in [0, 0.1) is 17.1 Å². The van der Waals surface area contributed by atoms with E-state index >= 15 is 0 Å². The third kappa shape index (κ3) is 3.44. The van der Waals surface area contributed by atoms with E-state index in [0.717, 1.165) is 5.56 Å². The SMILES string of the molecule is COc1ccc(-c2cc(-c3cc4ccc(F)cc4nc3Cl)c(C#N)c(=O)[nH]2)cc1. The molecule has 0 aliphatic rings. The molecular weight excluding hydrogens is 393 g/mol. The number of halogens is 2. The van der Waals surface area contributed by atoms with Gasteiger partial charge in [-0.1, -0.05) is 11.6 Å². The lowest BCUT2D eigenvalue weighted by molar-refractivity contribution is 0.415. The quantitative estimate of drug-likeness (QED) is 0.490. The monoisotopic (exact) mass is 405 g/mol. The lowest BCUT2D eigenvalue weighted by atomic mass is 9.99. The highest BCUT2D eigenvalue weighted by Gasteiger charge is 2.17. The Morgan fingerprint density at radius 1 is 1.10 bits per heavy atom. The van der Waals surface area contributed by atoms with Crippen LogP contribution in [0.15, 0.2) is 59.4 Å². The minimum Gasteiger partial charge on any atom is -0.497 e. The molecule has 0 unspecified atom stereocenters. The summed E-state index contributed by atoms with van der Waals surface area (Å²) in [5, 5.41) is 10.2. The molecule has 1 N–H and O–H groups in total. The molecule has 0 aliphatic carbocycles. The molecular formula is C22H13ClFN3O2. The van der Waals surface area contributed by atoms with Crippen molar-refractivity contribution in [1.82, 2.24) is 9.97 Å². The van der Waals surface area contributed by atoms with Crippen LogP contribution in [0.5, 0.6) is 5.75 Å². The Balaban J connectivity index is 1.95. The maximum atomic E-state index is 13.5. The third-order valence-electron chi connectivity index (χ3n) is 4.57. The molecule has 29 heavy (non-hydrogen) atoms. The van der Waals surface area contributed by atoms with Gasteiger partial charge in [0.05, 0.1) is 12.6 Å². The molecule has 0 radical (unpaired) electrons. The van der Waals surface area contributed by atoms with Gasteiger partial charge in [-0.05, 0) is 54.1 Å². The first kappa shape index (κ1) is 18.7. The first-order valence-corrected chi connectivity index (χ1v) is 8.96. The number of benzene rings is 2. The number of fused-ring (bicyclic) bond motifs is 1. The molecule has 0 saturated heterocycles. The van der Waals surface area contributed by atoms with E-state index in [4.69, 9.17) is 16.3 Å². The Morgan fingerprint density at radius 3 is 2.55 bits per heavy atom. The summed E-state index contributed by atoms with van der Waals surface area (Å²) in [6.45, 7) is 0. The number of methoxy groups -OCH3 is 1. The van der Waals surface area contributed by atoms with Crippen molar-refractivity contribution in [3.8, 4) is 34.2 Å². The second-order valence-corrected chi connectivity index (χ2v) is 6.66. The summed E-state index contributed by atoms with van der Waals surface area (Å²) in [6, 6.07) is 16.6. The fourth-order valence-electron chi connectivity index (χ4n) is 3.11. The van der Waals surface area contributed by atoms with Crippen molar-refractivity contribution < 1.29 is 9.13 Å². The minimum atomic E-state index is -0.536. The normalized spacial score (nSPS) is 10.7. The molecule has 2 aromatic heterocycles. The van der Waals surface area contributed by atoms with Gasteiger partial charge < -0.3 is 9.72 Å². The Labute approximate surface area is 170 Å². The Bertz CT molecular complexity index is 1340. The number of aromatic amines is 1. The summed E-state index contributed by atoms with van der Waals surface area (Å²) in [5.74, 6) is 0.253. The average Bonchev–Trinajstić information content (AvgIpc) is 2.72. The second-order valence-electron chi connectivity index (χ2n) is 6.30. The average molecular weight is 406 g/mol. The molecule has 4 aromatic rings. The predicted molar refractivity (Wildman–Crippen MR) is 109 cm³/mol. The highest BCUT2D eigenvalue weighted by Crippen LogP contribution is 2.33. The summed E-state index contributed by atoms with van der Waals surface area (Å²) in [6.07, 6.45) is 0. The van der Waals surface area contributed by atoms with E-state index in [9.17, 15) is 14.4 Å². The molecule has 0 spiro atoms. The molecule has 2 aromatic carbocycles. The Hall–Kier alpha value is -3.69. The van der Waals surface area contributed by atoms with Crippen molar-refractivity contribution in [2.24, 2.45) is 0 Å². The number of ether oxygens (including phenoxy) is 1. The number of hydrogen-bond donors (Lipinski definition) is 1. The number of hydrogen-bond acceptors (Lipinski definition) is 4. The molecule has 4 rings (SSSR count). The lowest BCUT2D eigenvalue weighted by Gasteiger charge is -2.11. The number of H-pyrrole nitrogens is 1. The zero-order valence-corrected chi connectivity index (χ0v) is 15.9. The van der Waals surface area contributed by atoms with E-state index < -0.39 is 11.4 Å². The number of nitrogens with one attached hydrogen (secondary N) is 1. The number of nitrogens with zero attached hydrogens (tertiary/aromatic N) is 2. The van der Waals surface area contributed by atoms with Crippen molar-refractivity contribution in [1.29, 1.82) is 5.26 Å². The molecule has 0 bridgehead atoms. The topological polar surface area (TPSA) is 78.8 Å². The molecule has 142 valence electrons. The molecule has 0 amide bonds. The highest BCUT2D eigenvalue weighted by molar-refractivity contribution is 6.32. The Morgan fingerprint density at radius 2 is 1.86 bits per heavy atom. The maximum Gasteiger partial charge on any atom is 0.266 e. The van der Waals surface area contributed by atoms with Crippen LogP contribution in [-0.4, -0.2) is 17.1 Å². The van der Waals surface area contributed by atoms with Gasteiger partial charge in [-0.15, -0.1) is 0 Å². The summed E-state index contributed by atoms with van der Waals surface area (Å²) < 4.78 is 18.6. The summed E-state index contributed by atoms with van der Waals surface area (Å²) in [5.41, 5.74) is 1.80. The first-order valence-electron chi connectivity index (χ1n) is 8.58. The lowest BCUT2D eigenvalue weighted by Crippen LogP contribution is -2.13. The number of rotatable bonds is 3. The zero-order valence-electron chi connectivity index (χ0n) is 15.2. The van der Waals surface area contributed by atoms with Crippen LogP contribution in [0.3, 0.4) is 0 Å². The van der Waals surface area contributed by atoms with Crippen molar-refractivity contribution in [3.05, 3.63) is 81.5 Å². The van der Waals surface area contributed by atoms with Crippen LogP contribution >= 0.6 is 11.6 Å². The van der Waals surface area contributed by atoms with E-state index in [1.165, 1.54) is 12.1 Å². The molecule has 2 heterocycles. The molecule has 0 fully saturated rings. The van der Waals surface area contributed by atoms with Gasteiger partial charge in [-0.3, -0.25) is 4.79 Å². The summed E-state index contributed by atoms with van der Waals surface area (Å²) in [7, 11) is 1.57. The first-order chi connectivity index (χ1) is 14.0. The number of nitriles is 1. The fraction of sp³-hybridized carbons (Fsp3) is 0.0455. The van der Waals surface area contributed by atoms with Gasteiger partial charge in [0.15, 0.2) is 0 Å². The summed E-state index contributed by atoms with van der Waals surface area (Å²) >= 11 is 6.34. The van der Waals surface area contributed by atoms with Crippen LogP contribution in [0.1, 0.15) is 5.56 Å². The van der Waals surface area contributed by atoms with Gasteiger partial charge in [0.25, 0.3) is 5.56 Å². The van der Waals surface area contributed by atoms with E-state index in [1.807, 2.05) is 6.07 Å². The van der Waals surface area contributed by atoms with Gasteiger partial charge in [0.2, 0.25) is 0 Å².